The molecule has 126 valence electrons. The first-order chi connectivity index (χ1) is 11.6. The summed E-state index contributed by atoms with van der Waals surface area (Å²) in [5, 5.41) is 13.7. The molecule has 0 spiro atoms. The topological polar surface area (TPSA) is 75.0 Å². The van der Waals surface area contributed by atoms with Gasteiger partial charge in [0.1, 0.15) is 16.8 Å². The van der Waals surface area contributed by atoms with Crippen LogP contribution in [0.5, 0.6) is 5.75 Å². The number of hydrogen-bond acceptors (Lipinski definition) is 5. The summed E-state index contributed by atoms with van der Waals surface area (Å²) in [6, 6.07) is 9.69. The summed E-state index contributed by atoms with van der Waals surface area (Å²) in [4.78, 5) is 16.4. The van der Waals surface area contributed by atoms with Crippen LogP contribution in [0.4, 0.5) is 0 Å². The highest BCUT2D eigenvalue weighted by atomic mass is 32.2. The molecule has 1 amide bonds. The van der Waals surface area contributed by atoms with Gasteiger partial charge in [-0.25, -0.2) is 4.98 Å². The van der Waals surface area contributed by atoms with Gasteiger partial charge in [0.25, 0.3) is 0 Å². The lowest BCUT2D eigenvalue weighted by Crippen LogP contribution is -2.33. The Morgan fingerprint density at radius 3 is 2.88 bits per heavy atom. The monoisotopic (exact) mass is 343 g/mol. The van der Waals surface area contributed by atoms with Crippen LogP contribution in [0.1, 0.15) is 32.8 Å². The zero-order chi connectivity index (χ0) is 17.5. The average Bonchev–Trinajstić information content (AvgIpc) is 2.59. The Bertz CT molecular complexity index is 771. The summed E-state index contributed by atoms with van der Waals surface area (Å²) in [6.45, 7) is 6.50. The van der Waals surface area contributed by atoms with Crippen molar-refractivity contribution >= 4 is 28.6 Å². The van der Waals surface area contributed by atoms with Gasteiger partial charge >= 0.3 is 0 Å². The Labute approximate surface area is 146 Å². The van der Waals surface area contributed by atoms with E-state index in [0.29, 0.717) is 17.2 Å². The fraction of sp³-hybridized carbons (Fsp3) is 0.389. The number of benzene rings is 1. The van der Waals surface area contributed by atoms with Crippen molar-refractivity contribution in [1.82, 2.24) is 10.3 Å². The molecule has 2 rings (SSSR count). The lowest BCUT2D eigenvalue weighted by molar-refractivity contribution is -0.119. The first-order valence-electron chi connectivity index (χ1n) is 7.97. The van der Waals surface area contributed by atoms with Crippen LogP contribution in [0.2, 0.25) is 0 Å². The van der Waals surface area contributed by atoms with E-state index in [0.717, 1.165) is 23.1 Å². The van der Waals surface area contributed by atoms with Gasteiger partial charge in [0.15, 0.2) is 0 Å². The minimum atomic E-state index is -0.0492. The minimum Gasteiger partial charge on any atom is -0.494 e. The molecule has 1 heterocycles. The van der Waals surface area contributed by atoms with Gasteiger partial charge in [-0.3, -0.25) is 4.79 Å². The van der Waals surface area contributed by atoms with Crippen LogP contribution in [0.3, 0.4) is 0 Å². The molecule has 1 aromatic heterocycles. The molecule has 0 aliphatic carbocycles. The summed E-state index contributed by atoms with van der Waals surface area (Å²) in [5.41, 5.74) is 1.25. The smallest absolute Gasteiger partial charge is 0.230 e. The van der Waals surface area contributed by atoms with Crippen LogP contribution < -0.4 is 10.1 Å². The van der Waals surface area contributed by atoms with Crippen molar-refractivity contribution in [2.75, 3.05) is 12.4 Å². The average molecular weight is 343 g/mol. The van der Waals surface area contributed by atoms with E-state index >= 15 is 0 Å². The Balaban J connectivity index is 2.19. The van der Waals surface area contributed by atoms with Crippen molar-refractivity contribution < 1.29 is 9.53 Å². The number of fused-ring (bicyclic) bond motifs is 1. The van der Waals surface area contributed by atoms with E-state index in [1.807, 2.05) is 39.0 Å². The molecule has 0 aliphatic heterocycles. The molecule has 0 radical (unpaired) electrons. The van der Waals surface area contributed by atoms with E-state index in [-0.39, 0.29) is 17.7 Å². The van der Waals surface area contributed by atoms with Crippen LogP contribution in [0, 0.1) is 11.3 Å². The molecule has 1 atom stereocenters. The van der Waals surface area contributed by atoms with Crippen LogP contribution in [-0.2, 0) is 4.79 Å². The molecule has 0 fully saturated rings. The van der Waals surface area contributed by atoms with E-state index in [9.17, 15) is 10.1 Å². The number of nitrogens with zero attached hydrogens (tertiary/aromatic N) is 2. The maximum Gasteiger partial charge on any atom is 0.230 e. The standard InChI is InChI=1S/C18H21N3O2S/c1-4-12(3)20-17(22)11-24-18-14(10-19)8-13-9-15(23-5-2)6-7-16(13)21-18/h6-9,12H,4-5,11H2,1-3H3,(H,20,22)/t12-/m0/s1. The summed E-state index contributed by atoms with van der Waals surface area (Å²) in [6.07, 6.45) is 0.885. The summed E-state index contributed by atoms with van der Waals surface area (Å²) < 4.78 is 5.48. The molecular weight excluding hydrogens is 322 g/mol. The van der Waals surface area contributed by atoms with Gasteiger partial charge in [-0.05, 0) is 44.5 Å². The fourth-order valence-corrected chi connectivity index (χ4v) is 2.91. The van der Waals surface area contributed by atoms with E-state index in [1.165, 1.54) is 11.8 Å². The number of aromatic nitrogens is 1. The number of rotatable bonds is 7. The lowest BCUT2D eigenvalue weighted by Gasteiger charge is -2.11. The molecule has 0 saturated carbocycles. The third kappa shape index (κ3) is 4.62. The molecule has 1 aromatic carbocycles. The van der Waals surface area contributed by atoms with Crippen LogP contribution in [-0.4, -0.2) is 29.3 Å². The van der Waals surface area contributed by atoms with E-state index < -0.39 is 0 Å². The predicted molar refractivity (Wildman–Crippen MR) is 96.2 cm³/mol. The predicted octanol–water partition coefficient (Wildman–Crippen LogP) is 3.51. The highest BCUT2D eigenvalue weighted by Gasteiger charge is 2.12. The fourth-order valence-electron chi connectivity index (χ4n) is 2.14. The largest absolute Gasteiger partial charge is 0.494 e. The number of nitriles is 1. The molecule has 0 bridgehead atoms. The number of ether oxygens (including phenoxy) is 1. The first-order valence-corrected chi connectivity index (χ1v) is 8.95. The Kier molecular flexibility index (Phi) is 6.44. The molecule has 1 N–H and O–H groups in total. The van der Waals surface area contributed by atoms with Crippen molar-refractivity contribution in [2.45, 2.75) is 38.3 Å². The summed E-state index contributed by atoms with van der Waals surface area (Å²) in [7, 11) is 0. The van der Waals surface area contributed by atoms with Gasteiger partial charge in [0.2, 0.25) is 5.91 Å². The second-order valence-electron chi connectivity index (χ2n) is 5.41. The molecule has 0 aliphatic rings. The number of carbonyl (C=O) groups excluding carboxylic acids is 1. The van der Waals surface area contributed by atoms with Gasteiger partial charge in [0, 0.05) is 11.4 Å². The van der Waals surface area contributed by atoms with Gasteiger partial charge in [-0.2, -0.15) is 5.26 Å². The molecule has 2 aromatic rings. The zero-order valence-corrected chi connectivity index (χ0v) is 14.9. The lowest BCUT2D eigenvalue weighted by atomic mass is 10.1. The second kappa shape index (κ2) is 8.55. The van der Waals surface area contributed by atoms with Gasteiger partial charge in [-0.15, -0.1) is 0 Å². The van der Waals surface area contributed by atoms with Gasteiger partial charge in [-0.1, -0.05) is 18.7 Å². The number of hydrogen-bond donors (Lipinski definition) is 1. The van der Waals surface area contributed by atoms with Gasteiger partial charge in [0.05, 0.1) is 23.4 Å². The maximum absolute atomic E-state index is 11.9. The van der Waals surface area contributed by atoms with Crippen LogP contribution in [0.25, 0.3) is 10.9 Å². The Morgan fingerprint density at radius 1 is 1.42 bits per heavy atom. The first kappa shape index (κ1) is 18.1. The second-order valence-corrected chi connectivity index (χ2v) is 6.37. The molecule has 24 heavy (non-hydrogen) atoms. The third-order valence-electron chi connectivity index (χ3n) is 3.54. The van der Waals surface area contributed by atoms with E-state index in [4.69, 9.17) is 4.74 Å². The number of pyridine rings is 1. The molecule has 6 heteroatoms. The third-order valence-corrected chi connectivity index (χ3v) is 4.53. The molecular formula is C18H21N3O2S. The van der Waals surface area contributed by atoms with Crippen molar-refractivity contribution in [3.05, 3.63) is 29.8 Å². The summed E-state index contributed by atoms with van der Waals surface area (Å²) >= 11 is 1.28. The molecule has 0 saturated heterocycles. The number of thioether (sulfide) groups is 1. The number of amides is 1. The quantitative estimate of drug-likeness (QED) is 0.779. The Hall–Kier alpha value is -2.26. The van der Waals surface area contributed by atoms with E-state index in [1.54, 1.807) is 6.07 Å². The highest BCUT2D eigenvalue weighted by molar-refractivity contribution is 8.00. The molecule has 5 nitrogen and oxygen atoms in total. The molecule has 0 unspecified atom stereocenters. The van der Waals surface area contributed by atoms with Crippen LogP contribution >= 0.6 is 11.8 Å². The van der Waals surface area contributed by atoms with E-state index in [2.05, 4.69) is 16.4 Å². The summed E-state index contributed by atoms with van der Waals surface area (Å²) in [5.74, 6) is 0.949. The minimum absolute atomic E-state index is 0.0492. The van der Waals surface area contributed by atoms with Crippen molar-refractivity contribution in [2.24, 2.45) is 0 Å². The van der Waals surface area contributed by atoms with Crippen molar-refractivity contribution in [3.63, 3.8) is 0 Å². The zero-order valence-electron chi connectivity index (χ0n) is 14.1. The normalized spacial score (nSPS) is 11.8. The van der Waals surface area contributed by atoms with Crippen molar-refractivity contribution in [3.8, 4) is 11.8 Å². The number of carbonyl (C=O) groups is 1. The van der Waals surface area contributed by atoms with Crippen LogP contribution in [0.15, 0.2) is 29.3 Å². The van der Waals surface area contributed by atoms with Gasteiger partial charge < -0.3 is 10.1 Å². The maximum atomic E-state index is 11.9. The van der Waals surface area contributed by atoms with Crippen molar-refractivity contribution in [1.29, 1.82) is 5.26 Å². The Morgan fingerprint density at radius 2 is 2.21 bits per heavy atom. The highest BCUT2D eigenvalue weighted by Crippen LogP contribution is 2.27. The SMILES string of the molecule is CCOc1ccc2nc(SCC(=O)N[C@@H](C)CC)c(C#N)cc2c1. The number of nitrogens with one attached hydrogen (secondary N) is 1.